The van der Waals surface area contributed by atoms with Gasteiger partial charge >= 0.3 is 5.97 Å². The maximum atomic E-state index is 13.0. The van der Waals surface area contributed by atoms with Crippen LogP contribution in [0.1, 0.15) is 27.2 Å². The molecule has 0 saturated carbocycles. The minimum atomic E-state index is -0.945. The number of nitrogens with one attached hydrogen (secondary N) is 2. The molecule has 28 heavy (non-hydrogen) atoms. The Labute approximate surface area is 160 Å². The number of aromatic carboxylic acids is 1. The van der Waals surface area contributed by atoms with Gasteiger partial charge in [-0.3, -0.25) is 4.79 Å². The van der Waals surface area contributed by atoms with Crippen molar-refractivity contribution in [3.8, 4) is 0 Å². The molecule has 2 aromatic carbocycles. The third kappa shape index (κ3) is 2.65. The van der Waals surface area contributed by atoms with Gasteiger partial charge in [-0.15, -0.1) is 0 Å². The highest BCUT2D eigenvalue weighted by Crippen LogP contribution is 2.29. The number of aromatic nitrogens is 2. The fraction of sp³-hybridized carbons (Fsp3) is 0.182. The summed E-state index contributed by atoms with van der Waals surface area (Å²) in [7, 11) is 0. The van der Waals surface area contributed by atoms with E-state index in [0.717, 1.165) is 45.0 Å². The predicted octanol–water partition coefficient (Wildman–Crippen LogP) is 3.47. The third-order valence-electron chi connectivity index (χ3n) is 5.59. The highest BCUT2D eigenvalue weighted by Gasteiger charge is 2.25. The Morgan fingerprint density at radius 3 is 2.79 bits per heavy atom. The number of carboxylic acids is 1. The lowest BCUT2D eigenvalue weighted by Crippen LogP contribution is -2.36. The van der Waals surface area contributed by atoms with Crippen LogP contribution in [0.25, 0.3) is 21.8 Å². The van der Waals surface area contributed by atoms with Crippen molar-refractivity contribution in [1.29, 1.82) is 0 Å². The largest absolute Gasteiger partial charge is 0.478 e. The molecule has 0 aliphatic carbocycles. The van der Waals surface area contributed by atoms with Crippen molar-refractivity contribution in [1.82, 2.24) is 14.9 Å². The molecule has 2 aromatic heterocycles. The second kappa shape index (κ2) is 6.27. The molecule has 6 nitrogen and oxygen atoms in total. The Bertz CT molecular complexity index is 1230. The van der Waals surface area contributed by atoms with Crippen LogP contribution in [0.3, 0.4) is 0 Å². The molecule has 1 amide bonds. The Kier molecular flexibility index (Phi) is 3.72. The van der Waals surface area contributed by atoms with Crippen LogP contribution < -0.4 is 0 Å². The van der Waals surface area contributed by atoms with E-state index in [1.165, 1.54) is 0 Å². The quantitative estimate of drug-likeness (QED) is 0.514. The van der Waals surface area contributed by atoms with Crippen molar-refractivity contribution < 1.29 is 14.7 Å². The number of aromatic amines is 2. The van der Waals surface area contributed by atoms with E-state index in [4.69, 9.17) is 0 Å². The molecule has 0 atom stereocenters. The van der Waals surface area contributed by atoms with Crippen molar-refractivity contribution in [3.05, 3.63) is 71.0 Å². The molecule has 140 valence electrons. The van der Waals surface area contributed by atoms with Crippen molar-refractivity contribution >= 4 is 33.7 Å². The number of hydrogen-bond donors (Lipinski definition) is 3. The zero-order chi connectivity index (χ0) is 19.3. The van der Waals surface area contributed by atoms with Crippen LogP contribution in [0.5, 0.6) is 0 Å². The standard InChI is InChI=1S/C22H19N3O3/c26-21(10-14-11-23-18-4-2-1-3-15(14)18)25-8-7-20-17(12-25)16-9-13(22(27)28)5-6-19(16)24-20/h1-6,9,11,23-24H,7-8,10,12H2,(H,27,28). The highest BCUT2D eigenvalue weighted by molar-refractivity contribution is 5.95. The Morgan fingerprint density at radius 2 is 1.93 bits per heavy atom. The van der Waals surface area contributed by atoms with Gasteiger partial charge in [-0.25, -0.2) is 4.79 Å². The lowest BCUT2D eigenvalue weighted by molar-refractivity contribution is -0.131. The Morgan fingerprint density at radius 1 is 1.07 bits per heavy atom. The summed E-state index contributed by atoms with van der Waals surface area (Å²) in [6, 6.07) is 13.1. The van der Waals surface area contributed by atoms with E-state index in [2.05, 4.69) is 9.97 Å². The van der Waals surface area contributed by atoms with Gasteiger partial charge in [-0.05, 0) is 29.8 Å². The van der Waals surface area contributed by atoms with Gasteiger partial charge < -0.3 is 20.0 Å². The van der Waals surface area contributed by atoms with E-state index in [1.54, 1.807) is 18.2 Å². The summed E-state index contributed by atoms with van der Waals surface area (Å²) >= 11 is 0. The molecular weight excluding hydrogens is 354 g/mol. The van der Waals surface area contributed by atoms with E-state index in [-0.39, 0.29) is 11.5 Å². The number of H-pyrrole nitrogens is 2. The average Bonchev–Trinajstić information content (AvgIpc) is 3.28. The second-order valence-electron chi connectivity index (χ2n) is 7.25. The van der Waals surface area contributed by atoms with Crippen LogP contribution in [-0.2, 0) is 24.2 Å². The predicted molar refractivity (Wildman–Crippen MR) is 106 cm³/mol. The number of carbonyl (C=O) groups excluding carboxylic acids is 1. The molecule has 3 N–H and O–H groups in total. The van der Waals surface area contributed by atoms with Gasteiger partial charge in [0.25, 0.3) is 0 Å². The van der Waals surface area contributed by atoms with Crippen molar-refractivity contribution in [2.75, 3.05) is 6.54 Å². The average molecular weight is 373 g/mol. The fourth-order valence-electron chi connectivity index (χ4n) is 4.11. The number of rotatable bonds is 3. The first-order valence-electron chi connectivity index (χ1n) is 9.29. The molecule has 3 heterocycles. The van der Waals surface area contributed by atoms with Gasteiger partial charge in [-0.2, -0.15) is 0 Å². The second-order valence-corrected chi connectivity index (χ2v) is 7.25. The Balaban J connectivity index is 1.43. The molecule has 0 spiro atoms. The van der Waals surface area contributed by atoms with Crippen LogP contribution in [0.15, 0.2) is 48.7 Å². The summed E-state index contributed by atoms with van der Waals surface area (Å²) in [5, 5.41) is 11.2. The maximum absolute atomic E-state index is 13.0. The number of fused-ring (bicyclic) bond motifs is 4. The summed E-state index contributed by atoms with van der Waals surface area (Å²) in [5.74, 6) is -0.862. The summed E-state index contributed by atoms with van der Waals surface area (Å²) < 4.78 is 0. The number of benzene rings is 2. The van der Waals surface area contributed by atoms with Gasteiger partial charge in [0.15, 0.2) is 0 Å². The van der Waals surface area contributed by atoms with Crippen LogP contribution in [-0.4, -0.2) is 38.4 Å². The topological polar surface area (TPSA) is 89.2 Å². The van der Waals surface area contributed by atoms with Crippen LogP contribution in [0.2, 0.25) is 0 Å². The van der Waals surface area contributed by atoms with Crippen molar-refractivity contribution in [3.63, 3.8) is 0 Å². The first kappa shape index (κ1) is 16.6. The normalized spacial score (nSPS) is 13.8. The molecular formula is C22H19N3O3. The smallest absolute Gasteiger partial charge is 0.335 e. The summed E-state index contributed by atoms with van der Waals surface area (Å²) in [4.78, 5) is 32.7. The van der Waals surface area contributed by atoms with E-state index >= 15 is 0 Å². The molecule has 5 rings (SSSR count). The van der Waals surface area contributed by atoms with Gasteiger partial charge in [0.05, 0.1) is 12.0 Å². The van der Waals surface area contributed by atoms with E-state index in [9.17, 15) is 14.7 Å². The van der Waals surface area contributed by atoms with Gasteiger partial charge in [-0.1, -0.05) is 18.2 Å². The first-order chi connectivity index (χ1) is 13.6. The number of hydrogen-bond acceptors (Lipinski definition) is 2. The van der Waals surface area contributed by atoms with Crippen LogP contribution in [0, 0.1) is 0 Å². The summed E-state index contributed by atoms with van der Waals surface area (Å²) in [5.41, 5.74) is 5.32. The number of nitrogens with zero attached hydrogens (tertiary/aromatic N) is 1. The van der Waals surface area contributed by atoms with Gasteiger partial charge in [0.1, 0.15) is 0 Å². The molecule has 0 saturated heterocycles. The molecule has 0 fully saturated rings. The number of carbonyl (C=O) groups is 2. The van der Waals surface area contributed by atoms with E-state index < -0.39 is 5.97 Å². The van der Waals surface area contributed by atoms with Crippen molar-refractivity contribution in [2.24, 2.45) is 0 Å². The number of amides is 1. The molecule has 4 aromatic rings. The highest BCUT2D eigenvalue weighted by atomic mass is 16.4. The molecule has 1 aliphatic heterocycles. The van der Waals surface area contributed by atoms with Gasteiger partial charge in [0.2, 0.25) is 5.91 Å². The zero-order valence-corrected chi connectivity index (χ0v) is 15.2. The Hall–Kier alpha value is -3.54. The third-order valence-corrected chi connectivity index (χ3v) is 5.59. The first-order valence-corrected chi connectivity index (χ1v) is 9.29. The van der Waals surface area contributed by atoms with E-state index in [1.807, 2.05) is 35.4 Å². The van der Waals surface area contributed by atoms with Crippen molar-refractivity contribution in [2.45, 2.75) is 19.4 Å². The lowest BCUT2D eigenvalue weighted by atomic mass is 10.0. The molecule has 1 aliphatic rings. The van der Waals surface area contributed by atoms with Crippen LogP contribution in [0.4, 0.5) is 0 Å². The zero-order valence-electron chi connectivity index (χ0n) is 15.2. The number of para-hydroxylation sites is 1. The summed E-state index contributed by atoms with van der Waals surface area (Å²) in [6.45, 7) is 1.16. The minimum absolute atomic E-state index is 0.0825. The molecule has 0 bridgehead atoms. The molecule has 0 radical (unpaired) electrons. The lowest BCUT2D eigenvalue weighted by Gasteiger charge is -2.27. The van der Waals surface area contributed by atoms with E-state index in [0.29, 0.717) is 19.5 Å². The van der Waals surface area contributed by atoms with Gasteiger partial charge in [0, 0.05) is 58.8 Å². The fourth-order valence-corrected chi connectivity index (χ4v) is 4.11. The molecule has 6 heteroatoms. The van der Waals surface area contributed by atoms with Crippen LogP contribution >= 0.6 is 0 Å². The SMILES string of the molecule is O=C(O)c1ccc2[nH]c3c(c2c1)CN(C(=O)Cc1c[nH]c2ccccc12)CC3. The monoisotopic (exact) mass is 373 g/mol. The number of carboxylic acid groups (broad SMARTS) is 1. The maximum Gasteiger partial charge on any atom is 0.335 e. The molecule has 0 unspecified atom stereocenters. The summed E-state index contributed by atoms with van der Waals surface area (Å²) in [6.07, 6.45) is 3.00. The minimum Gasteiger partial charge on any atom is -0.478 e.